The van der Waals surface area contributed by atoms with Gasteiger partial charge < -0.3 is 5.32 Å². The van der Waals surface area contributed by atoms with Gasteiger partial charge in [-0.05, 0) is 5.21 Å². The van der Waals surface area contributed by atoms with Gasteiger partial charge in [-0.3, -0.25) is 4.68 Å². The van der Waals surface area contributed by atoms with E-state index in [1.807, 2.05) is 0 Å². The van der Waals surface area contributed by atoms with Crippen molar-refractivity contribution >= 4 is 5.95 Å². The molecule has 0 aliphatic heterocycles. The Balaban J connectivity index is 1.76. The molecule has 2 aromatic heterocycles. The normalized spacial score (nSPS) is 10.2. The van der Waals surface area contributed by atoms with E-state index in [1.54, 1.807) is 11.0 Å². The summed E-state index contributed by atoms with van der Waals surface area (Å²) >= 11 is 0. The molecule has 13 heavy (non-hydrogen) atoms. The highest BCUT2D eigenvalue weighted by Crippen LogP contribution is 1.89. The summed E-state index contributed by atoms with van der Waals surface area (Å²) in [6, 6.07) is 0. The van der Waals surface area contributed by atoms with Crippen LogP contribution in [-0.2, 0) is 6.54 Å². The summed E-state index contributed by atoms with van der Waals surface area (Å²) in [6.07, 6.45) is 3.15. The molecule has 0 radical (unpaired) electrons. The van der Waals surface area contributed by atoms with Gasteiger partial charge in [0.15, 0.2) is 0 Å². The molecule has 0 atom stereocenters. The predicted molar refractivity (Wildman–Crippen MR) is 42.7 cm³/mol. The minimum atomic E-state index is 0.486. The maximum absolute atomic E-state index is 3.94. The van der Waals surface area contributed by atoms with Gasteiger partial charge >= 0.3 is 0 Å². The summed E-state index contributed by atoms with van der Waals surface area (Å²) in [5.41, 5.74) is 0. The van der Waals surface area contributed by atoms with Crippen molar-refractivity contribution in [3.05, 3.63) is 12.7 Å². The third-order valence-corrected chi connectivity index (χ3v) is 1.44. The van der Waals surface area contributed by atoms with Gasteiger partial charge in [-0.25, -0.2) is 4.98 Å². The SMILES string of the molecule is c1ncn(CCNc2nn[nH]n2)n1. The van der Waals surface area contributed by atoms with Crippen LogP contribution in [-0.4, -0.2) is 41.9 Å². The first-order valence-corrected chi connectivity index (χ1v) is 3.75. The lowest BCUT2D eigenvalue weighted by Crippen LogP contribution is -2.11. The molecule has 68 valence electrons. The summed E-state index contributed by atoms with van der Waals surface area (Å²) in [5, 5.41) is 20.1. The van der Waals surface area contributed by atoms with Crippen molar-refractivity contribution < 1.29 is 0 Å². The molecule has 0 saturated heterocycles. The van der Waals surface area contributed by atoms with Crippen molar-refractivity contribution in [2.45, 2.75) is 6.54 Å². The Morgan fingerprint density at radius 3 is 3.23 bits per heavy atom. The van der Waals surface area contributed by atoms with E-state index in [4.69, 9.17) is 0 Å². The topological polar surface area (TPSA) is 97.2 Å². The highest BCUT2D eigenvalue weighted by Gasteiger charge is 1.95. The lowest BCUT2D eigenvalue weighted by atomic mass is 10.6. The van der Waals surface area contributed by atoms with Gasteiger partial charge in [0.2, 0.25) is 0 Å². The Hall–Kier alpha value is -1.99. The predicted octanol–water partition coefficient (Wildman–Crippen LogP) is -1.10. The number of nitrogens with zero attached hydrogens (tertiary/aromatic N) is 6. The molecule has 8 heteroatoms. The molecule has 2 rings (SSSR count). The van der Waals surface area contributed by atoms with Crippen LogP contribution in [0, 0.1) is 0 Å². The van der Waals surface area contributed by atoms with Gasteiger partial charge in [0.1, 0.15) is 12.7 Å². The molecule has 2 aromatic rings. The molecular weight excluding hydrogens is 172 g/mol. The van der Waals surface area contributed by atoms with Crippen molar-refractivity contribution in [1.29, 1.82) is 0 Å². The molecule has 8 nitrogen and oxygen atoms in total. The molecule has 0 spiro atoms. The van der Waals surface area contributed by atoms with Crippen molar-refractivity contribution in [2.24, 2.45) is 0 Å². The summed E-state index contributed by atoms with van der Waals surface area (Å²) in [5.74, 6) is 0.486. The molecule has 0 unspecified atom stereocenters. The van der Waals surface area contributed by atoms with E-state index in [-0.39, 0.29) is 0 Å². The molecule has 0 aliphatic rings. The van der Waals surface area contributed by atoms with E-state index in [0.29, 0.717) is 19.0 Å². The van der Waals surface area contributed by atoms with Crippen LogP contribution in [0.1, 0.15) is 0 Å². The fourth-order valence-corrected chi connectivity index (χ4v) is 0.867. The molecule has 0 bridgehead atoms. The Labute approximate surface area is 73.4 Å². The lowest BCUT2D eigenvalue weighted by molar-refractivity contribution is 0.634. The van der Waals surface area contributed by atoms with Gasteiger partial charge in [0.05, 0.1) is 6.54 Å². The van der Waals surface area contributed by atoms with Gasteiger partial charge in [-0.15, -0.1) is 5.10 Å². The number of aromatic amines is 1. The van der Waals surface area contributed by atoms with Crippen LogP contribution in [0.25, 0.3) is 0 Å². The second-order valence-electron chi connectivity index (χ2n) is 2.32. The van der Waals surface area contributed by atoms with Crippen LogP contribution in [0.5, 0.6) is 0 Å². The highest BCUT2D eigenvalue weighted by atomic mass is 15.5. The number of nitrogens with one attached hydrogen (secondary N) is 2. The zero-order valence-corrected chi connectivity index (χ0v) is 6.75. The van der Waals surface area contributed by atoms with E-state index >= 15 is 0 Å². The Kier molecular flexibility index (Phi) is 2.12. The van der Waals surface area contributed by atoms with Gasteiger partial charge in [-0.2, -0.15) is 10.3 Å². The zero-order valence-electron chi connectivity index (χ0n) is 6.75. The van der Waals surface area contributed by atoms with E-state index in [2.05, 4.69) is 36.0 Å². The average Bonchev–Trinajstić information content (AvgIpc) is 2.75. The number of hydrogen-bond acceptors (Lipinski definition) is 6. The van der Waals surface area contributed by atoms with E-state index in [9.17, 15) is 0 Å². The van der Waals surface area contributed by atoms with Gasteiger partial charge in [0.25, 0.3) is 5.95 Å². The molecule has 0 saturated carbocycles. The fourth-order valence-electron chi connectivity index (χ4n) is 0.867. The molecule has 2 N–H and O–H groups in total. The number of rotatable bonds is 4. The summed E-state index contributed by atoms with van der Waals surface area (Å²) < 4.78 is 1.72. The molecule has 0 aliphatic carbocycles. The fraction of sp³-hybridized carbons (Fsp3) is 0.400. The second-order valence-corrected chi connectivity index (χ2v) is 2.32. The number of tetrazole rings is 1. The number of H-pyrrole nitrogens is 1. The van der Waals surface area contributed by atoms with E-state index < -0.39 is 0 Å². The molecule has 0 fully saturated rings. The summed E-state index contributed by atoms with van der Waals surface area (Å²) in [6.45, 7) is 1.40. The maximum Gasteiger partial charge on any atom is 0.263 e. The van der Waals surface area contributed by atoms with Crippen LogP contribution in [0.2, 0.25) is 0 Å². The minimum Gasteiger partial charge on any atom is -0.350 e. The molecular formula is C5H8N8. The van der Waals surface area contributed by atoms with Gasteiger partial charge in [-0.1, -0.05) is 5.10 Å². The largest absolute Gasteiger partial charge is 0.350 e. The third kappa shape index (κ3) is 1.98. The van der Waals surface area contributed by atoms with Crippen molar-refractivity contribution in [1.82, 2.24) is 35.4 Å². The first kappa shape index (κ1) is 7.65. The summed E-state index contributed by atoms with van der Waals surface area (Å²) in [4.78, 5) is 3.81. The minimum absolute atomic E-state index is 0.486. The summed E-state index contributed by atoms with van der Waals surface area (Å²) in [7, 11) is 0. The highest BCUT2D eigenvalue weighted by molar-refractivity contribution is 5.17. The second kappa shape index (κ2) is 3.61. The van der Waals surface area contributed by atoms with Crippen LogP contribution in [0.4, 0.5) is 5.95 Å². The molecule has 0 aromatic carbocycles. The lowest BCUT2D eigenvalue weighted by Gasteiger charge is -1.99. The van der Waals surface area contributed by atoms with Crippen molar-refractivity contribution in [2.75, 3.05) is 11.9 Å². The Morgan fingerprint density at radius 1 is 1.54 bits per heavy atom. The monoisotopic (exact) mass is 180 g/mol. The Morgan fingerprint density at radius 2 is 2.54 bits per heavy atom. The van der Waals surface area contributed by atoms with Gasteiger partial charge in [0, 0.05) is 6.54 Å². The molecule has 0 amide bonds. The first-order valence-electron chi connectivity index (χ1n) is 3.75. The van der Waals surface area contributed by atoms with Crippen molar-refractivity contribution in [3.63, 3.8) is 0 Å². The number of hydrogen-bond donors (Lipinski definition) is 2. The standard InChI is InChI=1S/C5H8N8/c1(2-13-4-6-3-8-13)7-5-9-11-12-10-5/h3-4H,1-2H2,(H2,7,9,10,11,12). The quantitative estimate of drug-likeness (QED) is 0.620. The zero-order chi connectivity index (χ0) is 8.93. The number of anilines is 1. The average molecular weight is 180 g/mol. The van der Waals surface area contributed by atoms with Crippen LogP contribution >= 0.6 is 0 Å². The van der Waals surface area contributed by atoms with Crippen LogP contribution in [0.3, 0.4) is 0 Å². The van der Waals surface area contributed by atoms with Crippen LogP contribution in [0.15, 0.2) is 12.7 Å². The third-order valence-electron chi connectivity index (χ3n) is 1.44. The molecule has 2 heterocycles. The van der Waals surface area contributed by atoms with E-state index in [0.717, 1.165) is 0 Å². The maximum atomic E-state index is 3.94. The van der Waals surface area contributed by atoms with Crippen molar-refractivity contribution in [3.8, 4) is 0 Å². The number of aromatic nitrogens is 7. The Bertz CT molecular complexity index is 289. The van der Waals surface area contributed by atoms with E-state index in [1.165, 1.54) is 6.33 Å². The van der Waals surface area contributed by atoms with Crippen LogP contribution < -0.4 is 5.32 Å². The smallest absolute Gasteiger partial charge is 0.263 e. The first-order chi connectivity index (χ1) is 6.45.